The molecular formula is C19H23N5O2. The molecule has 0 bridgehead atoms. The molecule has 26 heavy (non-hydrogen) atoms. The summed E-state index contributed by atoms with van der Waals surface area (Å²) in [6.45, 7) is 8.06. The lowest BCUT2D eigenvalue weighted by Crippen LogP contribution is -2.27. The van der Waals surface area contributed by atoms with Gasteiger partial charge in [-0.3, -0.25) is 14.3 Å². The zero-order valence-electron chi connectivity index (χ0n) is 15.7. The van der Waals surface area contributed by atoms with E-state index in [9.17, 15) is 9.59 Å². The number of hydrogen-bond donors (Lipinski definition) is 1. The van der Waals surface area contributed by atoms with E-state index in [0.717, 1.165) is 16.8 Å². The van der Waals surface area contributed by atoms with Crippen LogP contribution in [0.1, 0.15) is 47.2 Å². The van der Waals surface area contributed by atoms with E-state index in [4.69, 9.17) is 0 Å². The minimum absolute atomic E-state index is 0.0992. The second-order valence-electron chi connectivity index (χ2n) is 6.45. The number of hydrogen-bond acceptors (Lipinski definition) is 4. The van der Waals surface area contributed by atoms with Crippen molar-refractivity contribution in [2.75, 3.05) is 0 Å². The van der Waals surface area contributed by atoms with E-state index in [0.29, 0.717) is 23.3 Å². The van der Waals surface area contributed by atoms with Gasteiger partial charge in [0.15, 0.2) is 0 Å². The van der Waals surface area contributed by atoms with Crippen LogP contribution >= 0.6 is 0 Å². The van der Waals surface area contributed by atoms with E-state index in [2.05, 4.69) is 15.4 Å². The van der Waals surface area contributed by atoms with Gasteiger partial charge in [-0.05, 0) is 45.9 Å². The first-order valence-corrected chi connectivity index (χ1v) is 8.64. The normalized spacial score (nSPS) is 12.3. The number of aromatic nitrogens is 4. The molecule has 1 atom stereocenters. The van der Waals surface area contributed by atoms with Gasteiger partial charge in [0.05, 0.1) is 23.3 Å². The van der Waals surface area contributed by atoms with Crippen molar-refractivity contribution in [2.24, 2.45) is 7.05 Å². The molecule has 2 aromatic heterocycles. The van der Waals surface area contributed by atoms with E-state index in [1.54, 1.807) is 40.6 Å². The number of rotatable bonds is 4. The van der Waals surface area contributed by atoms with Crippen molar-refractivity contribution >= 4 is 16.9 Å². The van der Waals surface area contributed by atoms with Crippen LogP contribution in [0.3, 0.4) is 0 Å². The van der Waals surface area contributed by atoms with Gasteiger partial charge in [0.25, 0.3) is 11.5 Å². The number of nitrogens with zero attached hydrogens (tertiary/aromatic N) is 4. The van der Waals surface area contributed by atoms with Gasteiger partial charge < -0.3 is 9.88 Å². The summed E-state index contributed by atoms with van der Waals surface area (Å²) in [7, 11) is 1.87. The Morgan fingerprint density at radius 2 is 2.04 bits per heavy atom. The average molecular weight is 353 g/mol. The molecule has 1 aromatic carbocycles. The first-order valence-electron chi connectivity index (χ1n) is 8.64. The molecule has 0 radical (unpaired) electrons. The highest BCUT2D eigenvalue weighted by atomic mass is 16.1. The van der Waals surface area contributed by atoms with Crippen molar-refractivity contribution in [1.82, 2.24) is 24.6 Å². The maximum atomic E-state index is 12.7. The number of amides is 1. The van der Waals surface area contributed by atoms with Crippen LogP contribution in [0, 0.1) is 13.8 Å². The van der Waals surface area contributed by atoms with Crippen LogP contribution in [0.15, 0.2) is 29.2 Å². The van der Waals surface area contributed by atoms with Crippen LogP contribution in [-0.4, -0.2) is 25.2 Å². The van der Waals surface area contributed by atoms with Crippen molar-refractivity contribution in [3.63, 3.8) is 0 Å². The Morgan fingerprint density at radius 1 is 1.31 bits per heavy atom. The van der Waals surface area contributed by atoms with Crippen molar-refractivity contribution in [3.05, 3.63) is 57.3 Å². The summed E-state index contributed by atoms with van der Waals surface area (Å²) in [5, 5.41) is 7.22. The summed E-state index contributed by atoms with van der Waals surface area (Å²) in [5.74, 6) is -0.184. The molecule has 1 amide bonds. The topological polar surface area (TPSA) is 81.8 Å². The summed E-state index contributed by atoms with van der Waals surface area (Å²) < 4.78 is 3.45. The summed E-state index contributed by atoms with van der Waals surface area (Å²) >= 11 is 0. The van der Waals surface area contributed by atoms with Crippen molar-refractivity contribution in [1.29, 1.82) is 0 Å². The second-order valence-corrected chi connectivity index (χ2v) is 6.45. The largest absolute Gasteiger partial charge is 0.345 e. The lowest BCUT2D eigenvalue weighted by Gasteiger charge is -2.15. The van der Waals surface area contributed by atoms with Gasteiger partial charge in [-0.1, -0.05) is 0 Å². The zero-order valence-corrected chi connectivity index (χ0v) is 15.7. The number of nitrogens with one attached hydrogen (secondary N) is 1. The maximum Gasteiger partial charge on any atom is 0.272 e. The molecule has 2 heterocycles. The van der Waals surface area contributed by atoms with Crippen LogP contribution in [0.5, 0.6) is 0 Å². The van der Waals surface area contributed by atoms with Gasteiger partial charge in [0, 0.05) is 30.4 Å². The van der Waals surface area contributed by atoms with E-state index in [1.165, 1.54) is 0 Å². The maximum absolute atomic E-state index is 12.7. The molecule has 0 spiro atoms. The van der Waals surface area contributed by atoms with E-state index < -0.39 is 0 Å². The summed E-state index contributed by atoms with van der Waals surface area (Å²) in [6.07, 6.45) is 1.77. The predicted molar refractivity (Wildman–Crippen MR) is 100 cm³/mol. The monoisotopic (exact) mass is 353 g/mol. The highest BCUT2D eigenvalue weighted by molar-refractivity contribution is 5.97. The lowest BCUT2D eigenvalue weighted by atomic mass is 10.1. The SMILES string of the molecule is CCn1c(=O)c(C)nc2cc(C(=O)N[C@H](C)c3cnn(C)c3C)ccc21. The Balaban J connectivity index is 1.93. The van der Waals surface area contributed by atoms with Gasteiger partial charge in [0.2, 0.25) is 0 Å². The molecule has 0 aliphatic rings. The third-order valence-electron chi connectivity index (χ3n) is 4.77. The third-order valence-corrected chi connectivity index (χ3v) is 4.77. The van der Waals surface area contributed by atoms with Gasteiger partial charge >= 0.3 is 0 Å². The van der Waals surface area contributed by atoms with Crippen molar-refractivity contribution < 1.29 is 4.79 Å². The van der Waals surface area contributed by atoms with Crippen LogP contribution in [-0.2, 0) is 13.6 Å². The number of benzene rings is 1. The minimum atomic E-state index is -0.184. The molecule has 0 aliphatic heterocycles. The van der Waals surface area contributed by atoms with Crippen LogP contribution in [0.4, 0.5) is 0 Å². The lowest BCUT2D eigenvalue weighted by molar-refractivity contribution is 0.0940. The molecule has 136 valence electrons. The highest BCUT2D eigenvalue weighted by Gasteiger charge is 2.17. The third kappa shape index (κ3) is 3.00. The van der Waals surface area contributed by atoms with E-state index in [-0.39, 0.29) is 17.5 Å². The van der Waals surface area contributed by atoms with Gasteiger partial charge in [-0.2, -0.15) is 5.10 Å². The Kier molecular flexibility index (Phi) is 4.63. The van der Waals surface area contributed by atoms with Gasteiger partial charge in [0.1, 0.15) is 5.69 Å². The predicted octanol–water partition coefficient (Wildman–Crippen LogP) is 2.26. The molecule has 0 saturated heterocycles. The van der Waals surface area contributed by atoms with Crippen molar-refractivity contribution in [2.45, 2.75) is 40.3 Å². The quantitative estimate of drug-likeness (QED) is 0.780. The fourth-order valence-corrected chi connectivity index (χ4v) is 3.13. The molecule has 3 aromatic rings. The fraction of sp³-hybridized carbons (Fsp3) is 0.368. The molecule has 0 saturated carbocycles. The fourth-order valence-electron chi connectivity index (χ4n) is 3.13. The van der Waals surface area contributed by atoms with E-state index >= 15 is 0 Å². The molecule has 7 heteroatoms. The smallest absolute Gasteiger partial charge is 0.272 e. The van der Waals surface area contributed by atoms with Crippen LogP contribution in [0.25, 0.3) is 11.0 Å². The van der Waals surface area contributed by atoms with E-state index in [1.807, 2.05) is 27.8 Å². The number of carbonyl (C=O) groups is 1. The summed E-state index contributed by atoms with van der Waals surface area (Å²) in [4.78, 5) is 29.2. The standard InChI is InChI=1S/C19H23N5O2/c1-6-24-17-8-7-14(9-16(17)21-12(3)19(24)26)18(25)22-11(2)15-10-20-23(5)13(15)4/h7-11H,6H2,1-5H3,(H,22,25)/t11-/m1/s1. The summed E-state index contributed by atoms with van der Waals surface area (Å²) in [6, 6.07) is 5.07. The Bertz CT molecular complexity index is 1050. The molecule has 0 unspecified atom stereocenters. The van der Waals surface area contributed by atoms with Crippen LogP contribution < -0.4 is 10.9 Å². The Labute approximate surface area is 151 Å². The molecule has 7 nitrogen and oxygen atoms in total. The van der Waals surface area contributed by atoms with Crippen molar-refractivity contribution in [3.8, 4) is 0 Å². The Hall–Kier alpha value is -2.96. The molecule has 0 fully saturated rings. The summed E-state index contributed by atoms with van der Waals surface area (Å²) in [5.41, 5.74) is 4.21. The number of aryl methyl sites for hydroxylation is 3. The number of carbonyl (C=O) groups excluding carboxylic acids is 1. The van der Waals surface area contributed by atoms with Gasteiger partial charge in [-0.15, -0.1) is 0 Å². The molecule has 0 aliphatic carbocycles. The minimum Gasteiger partial charge on any atom is -0.345 e. The second kappa shape index (κ2) is 6.74. The number of fused-ring (bicyclic) bond motifs is 1. The Morgan fingerprint density at radius 3 is 2.65 bits per heavy atom. The first kappa shape index (κ1) is 17.8. The molecular weight excluding hydrogens is 330 g/mol. The van der Waals surface area contributed by atoms with Crippen LogP contribution in [0.2, 0.25) is 0 Å². The highest BCUT2D eigenvalue weighted by Crippen LogP contribution is 2.18. The zero-order chi connectivity index (χ0) is 19.0. The molecule has 1 N–H and O–H groups in total. The molecule has 3 rings (SSSR count). The average Bonchev–Trinajstić information content (AvgIpc) is 2.95. The van der Waals surface area contributed by atoms with Gasteiger partial charge in [-0.25, -0.2) is 4.98 Å². The first-order chi connectivity index (χ1) is 12.3.